The fourth-order valence-corrected chi connectivity index (χ4v) is 2.19. The summed E-state index contributed by atoms with van der Waals surface area (Å²) >= 11 is 6.72. The molecule has 0 atom stereocenters. The van der Waals surface area contributed by atoms with Crippen molar-refractivity contribution in [2.45, 2.75) is 0 Å². The van der Waals surface area contributed by atoms with Gasteiger partial charge in [0.25, 0.3) is 0 Å². The van der Waals surface area contributed by atoms with Crippen LogP contribution in [0.5, 0.6) is 5.75 Å². The summed E-state index contributed by atoms with van der Waals surface area (Å²) in [6.07, 6.45) is 0. The van der Waals surface area contributed by atoms with E-state index < -0.39 is 0 Å². The Bertz CT molecular complexity index is 526. The number of aromatic nitrogens is 1. The van der Waals surface area contributed by atoms with Crippen LogP contribution in [-0.4, -0.2) is 12.3 Å². The Morgan fingerprint density at radius 1 is 1.38 bits per heavy atom. The Balaban J connectivity index is 2.49. The second kappa shape index (κ2) is 4.47. The molecule has 6 heteroatoms. The molecule has 2 rings (SSSR count). The van der Waals surface area contributed by atoms with Crippen LogP contribution in [0.25, 0.3) is 11.3 Å². The van der Waals surface area contributed by atoms with Crippen LogP contribution in [0.2, 0.25) is 0 Å². The number of hydrogen-bond acceptors (Lipinski definition) is 4. The second-order valence-corrected chi connectivity index (χ2v) is 4.71. The van der Waals surface area contributed by atoms with Gasteiger partial charge in [-0.1, -0.05) is 5.16 Å². The Morgan fingerprint density at radius 2 is 2.12 bits per heavy atom. The van der Waals surface area contributed by atoms with E-state index in [4.69, 9.17) is 15.0 Å². The first kappa shape index (κ1) is 11.5. The first-order chi connectivity index (χ1) is 7.63. The van der Waals surface area contributed by atoms with Crippen molar-refractivity contribution in [2.75, 3.05) is 12.8 Å². The smallest absolute Gasteiger partial charge is 0.183 e. The zero-order valence-corrected chi connectivity index (χ0v) is 11.5. The summed E-state index contributed by atoms with van der Waals surface area (Å²) in [6, 6.07) is 5.59. The third-order valence-corrected chi connectivity index (χ3v) is 3.46. The highest BCUT2D eigenvalue weighted by Crippen LogP contribution is 2.36. The minimum Gasteiger partial charge on any atom is -0.496 e. The van der Waals surface area contributed by atoms with E-state index in [0.717, 1.165) is 15.8 Å². The molecule has 0 fully saturated rings. The number of nitrogen functional groups attached to an aromatic ring is 1. The van der Waals surface area contributed by atoms with Crippen LogP contribution in [0.1, 0.15) is 0 Å². The van der Waals surface area contributed by atoms with E-state index in [2.05, 4.69) is 37.0 Å². The SMILES string of the molecule is COc1ccc(-c2onc(N)c2Br)cc1Br. The molecule has 2 N–H and O–H groups in total. The average molecular weight is 348 g/mol. The monoisotopic (exact) mass is 346 g/mol. The van der Waals surface area contributed by atoms with Gasteiger partial charge in [0.05, 0.1) is 11.6 Å². The number of halogens is 2. The van der Waals surface area contributed by atoms with E-state index >= 15 is 0 Å². The molecule has 16 heavy (non-hydrogen) atoms. The van der Waals surface area contributed by atoms with Crippen LogP contribution in [-0.2, 0) is 0 Å². The molecule has 1 aromatic carbocycles. The lowest BCUT2D eigenvalue weighted by Crippen LogP contribution is -1.85. The van der Waals surface area contributed by atoms with Crippen LogP contribution in [0.15, 0.2) is 31.7 Å². The Morgan fingerprint density at radius 3 is 2.62 bits per heavy atom. The van der Waals surface area contributed by atoms with Crippen molar-refractivity contribution in [3.05, 3.63) is 27.1 Å². The van der Waals surface area contributed by atoms with Crippen molar-refractivity contribution in [2.24, 2.45) is 0 Å². The van der Waals surface area contributed by atoms with Crippen LogP contribution in [0.3, 0.4) is 0 Å². The van der Waals surface area contributed by atoms with E-state index in [0.29, 0.717) is 16.1 Å². The van der Waals surface area contributed by atoms with E-state index in [1.54, 1.807) is 7.11 Å². The average Bonchev–Trinajstić information content (AvgIpc) is 2.60. The number of nitrogens with zero attached hydrogens (tertiary/aromatic N) is 1. The highest BCUT2D eigenvalue weighted by Gasteiger charge is 2.14. The summed E-state index contributed by atoms with van der Waals surface area (Å²) in [5, 5.41) is 3.67. The van der Waals surface area contributed by atoms with Gasteiger partial charge in [0, 0.05) is 5.56 Å². The van der Waals surface area contributed by atoms with Crippen molar-refractivity contribution in [1.82, 2.24) is 5.16 Å². The number of methoxy groups -OCH3 is 1. The lowest BCUT2D eigenvalue weighted by molar-refractivity contribution is 0.412. The number of ether oxygens (including phenoxy) is 1. The molecule has 0 aliphatic heterocycles. The fourth-order valence-electron chi connectivity index (χ4n) is 1.28. The van der Waals surface area contributed by atoms with Gasteiger partial charge < -0.3 is 15.0 Å². The van der Waals surface area contributed by atoms with Gasteiger partial charge in [0.15, 0.2) is 11.6 Å². The summed E-state index contributed by atoms with van der Waals surface area (Å²) in [7, 11) is 1.61. The molecule has 0 bridgehead atoms. The third kappa shape index (κ3) is 1.94. The molecular formula is C10H8Br2N2O2. The molecule has 4 nitrogen and oxygen atoms in total. The molecule has 0 aliphatic carbocycles. The zero-order valence-electron chi connectivity index (χ0n) is 8.33. The summed E-state index contributed by atoms with van der Waals surface area (Å²) in [5.41, 5.74) is 6.45. The lowest BCUT2D eigenvalue weighted by atomic mass is 10.1. The van der Waals surface area contributed by atoms with Gasteiger partial charge in [-0.2, -0.15) is 0 Å². The number of hydrogen-bond donors (Lipinski definition) is 1. The maximum Gasteiger partial charge on any atom is 0.183 e. The quantitative estimate of drug-likeness (QED) is 0.903. The summed E-state index contributed by atoms with van der Waals surface area (Å²) in [5.74, 6) is 1.69. The topological polar surface area (TPSA) is 61.3 Å². The van der Waals surface area contributed by atoms with Gasteiger partial charge in [-0.3, -0.25) is 0 Å². The lowest BCUT2D eigenvalue weighted by Gasteiger charge is -2.04. The Labute approximate surface area is 109 Å². The molecule has 0 unspecified atom stereocenters. The van der Waals surface area contributed by atoms with Gasteiger partial charge in [-0.05, 0) is 50.1 Å². The van der Waals surface area contributed by atoms with E-state index in [1.807, 2.05) is 18.2 Å². The molecule has 2 aromatic rings. The molecule has 84 valence electrons. The van der Waals surface area contributed by atoms with Crippen molar-refractivity contribution in [1.29, 1.82) is 0 Å². The highest BCUT2D eigenvalue weighted by molar-refractivity contribution is 9.11. The predicted octanol–water partition coefficient (Wildman–Crippen LogP) is 3.46. The second-order valence-electron chi connectivity index (χ2n) is 3.06. The highest BCUT2D eigenvalue weighted by atomic mass is 79.9. The minimum absolute atomic E-state index is 0.335. The van der Waals surface area contributed by atoms with Crippen LogP contribution >= 0.6 is 31.9 Å². The maximum atomic E-state index is 5.58. The predicted molar refractivity (Wildman–Crippen MR) is 68.3 cm³/mol. The van der Waals surface area contributed by atoms with Crippen molar-refractivity contribution in [3.8, 4) is 17.1 Å². The molecule has 1 aromatic heterocycles. The summed E-state index contributed by atoms with van der Waals surface area (Å²) < 4.78 is 11.8. The number of benzene rings is 1. The van der Waals surface area contributed by atoms with Gasteiger partial charge in [-0.15, -0.1) is 0 Å². The number of anilines is 1. The molecule has 0 radical (unpaired) electrons. The third-order valence-electron chi connectivity index (χ3n) is 2.07. The molecular weight excluding hydrogens is 340 g/mol. The minimum atomic E-state index is 0.335. The van der Waals surface area contributed by atoms with E-state index in [9.17, 15) is 0 Å². The summed E-state index contributed by atoms with van der Waals surface area (Å²) in [4.78, 5) is 0. The number of nitrogens with two attached hydrogens (primary N) is 1. The molecule has 1 heterocycles. The van der Waals surface area contributed by atoms with Gasteiger partial charge in [-0.25, -0.2) is 0 Å². The fraction of sp³-hybridized carbons (Fsp3) is 0.100. The van der Waals surface area contributed by atoms with E-state index in [1.165, 1.54) is 0 Å². The van der Waals surface area contributed by atoms with Crippen molar-refractivity contribution >= 4 is 37.7 Å². The zero-order chi connectivity index (χ0) is 11.7. The first-order valence-electron chi connectivity index (χ1n) is 4.38. The van der Waals surface area contributed by atoms with Crippen LogP contribution in [0.4, 0.5) is 5.82 Å². The molecule has 0 saturated carbocycles. The van der Waals surface area contributed by atoms with Crippen LogP contribution < -0.4 is 10.5 Å². The molecule has 0 aliphatic rings. The number of rotatable bonds is 2. The summed E-state index contributed by atoms with van der Waals surface area (Å²) in [6.45, 7) is 0. The Hall–Kier alpha value is -1.01. The van der Waals surface area contributed by atoms with Crippen LogP contribution in [0, 0.1) is 0 Å². The largest absolute Gasteiger partial charge is 0.496 e. The molecule has 0 spiro atoms. The normalized spacial score (nSPS) is 10.4. The molecule has 0 saturated heterocycles. The van der Waals surface area contributed by atoms with Gasteiger partial charge in [0.2, 0.25) is 0 Å². The van der Waals surface area contributed by atoms with E-state index in [-0.39, 0.29) is 0 Å². The van der Waals surface area contributed by atoms with Crippen molar-refractivity contribution < 1.29 is 9.26 Å². The Kier molecular flexibility index (Phi) is 3.20. The standard InChI is InChI=1S/C10H8Br2N2O2/c1-15-7-3-2-5(4-6(7)11)9-8(12)10(13)14-16-9/h2-4H,1H3,(H2,13,14). The first-order valence-corrected chi connectivity index (χ1v) is 5.96. The van der Waals surface area contributed by atoms with Gasteiger partial charge in [0.1, 0.15) is 10.2 Å². The van der Waals surface area contributed by atoms with Gasteiger partial charge >= 0.3 is 0 Å². The maximum absolute atomic E-state index is 5.58. The molecule has 0 amide bonds. The van der Waals surface area contributed by atoms with Crippen molar-refractivity contribution in [3.63, 3.8) is 0 Å².